The van der Waals surface area contributed by atoms with Gasteiger partial charge in [0.05, 0.1) is 24.6 Å². The van der Waals surface area contributed by atoms with Gasteiger partial charge in [-0.2, -0.15) is 0 Å². The Morgan fingerprint density at radius 3 is 1.36 bits per heavy atom. The maximum Gasteiger partial charge on any atom is 0.145 e. The van der Waals surface area contributed by atoms with Gasteiger partial charge in [0.2, 0.25) is 0 Å². The predicted molar refractivity (Wildman–Crippen MR) is 175 cm³/mol. The largest absolute Gasteiger partial charge is 0.491 e. The summed E-state index contributed by atoms with van der Waals surface area (Å²) in [6.45, 7) is 2.18. The van der Waals surface area contributed by atoms with Crippen molar-refractivity contribution in [3.8, 4) is 23.0 Å². The number of hydrogen-bond acceptors (Lipinski definition) is 8. The minimum Gasteiger partial charge on any atom is -0.491 e. The standard InChI is InChI=1S/C37H33N3O5/c1-5-16-34-28(10-1)24-38-32-14-3-7-18-36(32)44-26-30-12-9-13-31(40-30)27-45-37-19-8-4-15-33(37)39-25-29-11-2-6-17-35(29)43-23-21-41-20-22-42-34/h1-19,24-25H,20-23,26-27H2. The highest BCUT2D eigenvalue weighted by molar-refractivity contribution is 5.86. The number of benzene rings is 4. The van der Waals surface area contributed by atoms with Gasteiger partial charge in [-0.15, -0.1) is 0 Å². The number of para-hydroxylation sites is 6. The van der Waals surface area contributed by atoms with Crippen molar-refractivity contribution in [2.45, 2.75) is 13.2 Å². The van der Waals surface area contributed by atoms with Crippen LogP contribution in [0.3, 0.4) is 0 Å². The van der Waals surface area contributed by atoms with Crippen molar-refractivity contribution in [1.29, 1.82) is 0 Å². The van der Waals surface area contributed by atoms with E-state index in [1.807, 2.05) is 115 Å². The minimum absolute atomic E-state index is 0.280. The summed E-state index contributed by atoms with van der Waals surface area (Å²) >= 11 is 0. The van der Waals surface area contributed by atoms with Crippen LogP contribution < -0.4 is 18.9 Å². The maximum absolute atomic E-state index is 6.17. The number of nitrogens with zero attached hydrogens (tertiary/aromatic N) is 3. The monoisotopic (exact) mass is 599 g/mol. The van der Waals surface area contributed by atoms with E-state index in [-0.39, 0.29) is 13.2 Å². The van der Waals surface area contributed by atoms with Crippen molar-refractivity contribution in [1.82, 2.24) is 4.98 Å². The summed E-state index contributed by atoms with van der Waals surface area (Å²) in [6.07, 6.45) is 3.57. The number of aliphatic imine (C=N–C) groups is 2. The van der Waals surface area contributed by atoms with Crippen molar-refractivity contribution >= 4 is 23.8 Å². The Morgan fingerprint density at radius 2 is 0.844 bits per heavy atom. The molecule has 0 atom stereocenters. The zero-order chi connectivity index (χ0) is 30.5. The van der Waals surface area contributed by atoms with E-state index in [9.17, 15) is 0 Å². The molecule has 0 fully saturated rings. The van der Waals surface area contributed by atoms with Gasteiger partial charge in [0, 0.05) is 23.6 Å². The molecular formula is C37H33N3O5. The molecule has 2 bridgehead atoms. The first kappa shape index (κ1) is 29.6. The quantitative estimate of drug-likeness (QED) is 0.183. The second kappa shape index (κ2) is 15.3. The van der Waals surface area contributed by atoms with Crippen LogP contribution in [0.25, 0.3) is 0 Å². The van der Waals surface area contributed by atoms with E-state index < -0.39 is 0 Å². The lowest BCUT2D eigenvalue weighted by Crippen LogP contribution is -2.13. The molecule has 0 spiro atoms. The fraction of sp³-hybridized carbons (Fsp3) is 0.162. The zero-order valence-corrected chi connectivity index (χ0v) is 24.7. The number of ether oxygens (including phenoxy) is 5. The molecule has 5 aromatic rings. The molecule has 0 saturated heterocycles. The Balaban J connectivity index is 1.25. The molecule has 8 heteroatoms. The van der Waals surface area contributed by atoms with Crippen molar-refractivity contribution < 1.29 is 23.7 Å². The number of hydrogen-bond donors (Lipinski definition) is 0. The summed E-state index contributed by atoms with van der Waals surface area (Å²) in [7, 11) is 0. The number of rotatable bonds is 0. The summed E-state index contributed by atoms with van der Waals surface area (Å²) in [5.74, 6) is 2.75. The third-order valence-corrected chi connectivity index (χ3v) is 6.84. The summed E-state index contributed by atoms with van der Waals surface area (Å²) in [5.41, 5.74) is 4.67. The van der Waals surface area contributed by atoms with Crippen LogP contribution in [0.4, 0.5) is 11.4 Å². The average molecular weight is 600 g/mol. The van der Waals surface area contributed by atoms with Crippen LogP contribution in [0.2, 0.25) is 0 Å². The topological polar surface area (TPSA) is 83.8 Å². The number of aromatic nitrogens is 1. The van der Waals surface area contributed by atoms with Gasteiger partial charge in [-0.25, -0.2) is 0 Å². The highest BCUT2D eigenvalue weighted by Crippen LogP contribution is 2.30. The van der Waals surface area contributed by atoms with Gasteiger partial charge in [0.15, 0.2) is 0 Å². The molecule has 4 aromatic carbocycles. The SMILES string of the molecule is C1=Nc2ccccc2OCc2cccc(n2)COc2ccccc2N=Cc2ccccc2OCCOCCOc2ccccc21. The molecule has 226 valence electrons. The Bertz CT molecular complexity index is 1650. The van der Waals surface area contributed by atoms with Crippen LogP contribution in [-0.4, -0.2) is 43.8 Å². The van der Waals surface area contributed by atoms with Crippen LogP contribution in [0.5, 0.6) is 23.0 Å². The fourth-order valence-corrected chi connectivity index (χ4v) is 4.60. The molecule has 1 aliphatic heterocycles. The molecule has 0 saturated carbocycles. The second-order valence-corrected chi connectivity index (χ2v) is 10.0. The van der Waals surface area contributed by atoms with Crippen molar-refractivity contribution in [2.24, 2.45) is 9.98 Å². The number of fused-ring (bicyclic) bond motifs is 6. The lowest BCUT2D eigenvalue weighted by Gasteiger charge is -2.12. The average Bonchev–Trinajstić information content (AvgIpc) is 3.09. The molecule has 8 nitrogen and oxygen atoms in total. The Kier molecular flexibility index (Phi) is 10.1. The van der Waals surface area contributed by atoms with E-state index in [0.717, 1.165) is 34.0 Å². The molecule has 0 N–H and O–H groups in total. The molecule has 0 unspecified atom stereocenters. The normalized spacial score (nSPS) is 14.1. The summed E-state index contributed by atoms with van der Waals surface area (Å²) < 4.78 is 30.2. The smallest absolute Gasteiger partial charge is 0.145 e. The predicted octanol–water partition coefficient (Wildman–Crippen LogP) is 7.53. The van der Waals surface area contributed by atoms with E-state index in [2.05, 4.69) is 0 Å². The van der Waals surface area contributed by atoms with Crippen LogP contribution in [0.1, 0.15) is 22.5 Å². The van der Waals surface area contributed by atoms with Crippen LogP contribution in [0.15, 0.2) is 125 Å². The first-order chi connectivity index (χ1) is 22.3. The molecule has 0 amide bonds. The summed E-state index contributed by atoms with van der Waals surface area (Å²) in [4.78, 5) is 14.2. The first-order valence-corrected chi connectivity index (χ1v) is 14.8. The molecule has 0 radical (unpaired) electrons. The Morgan fingerprint density at radius 1 is 0.400 bits per heavy atom. The summed E-state index contributed by atoms with van der Waals surface area (Å²) in [5, 5.41) is 0. The van der Waals surface area contributed by atoms with E-state index in [1.165, 1.54) is 0 Å². The Hall–Kier alpha value is -5.47. The highest BCUT2D eigenvalue weighted by atomic mass is 16.5. The molecule has 2 heterocycles. The van der Waals surface area contributed by atoms with Gasteiger partial charge >= 0.3 is 0 Å². The van der Waals surface area contributed by atoms with Crippen molar-refractivity contribution in [2.75, 3.05) is 26.4 Å². The molecule has 1 aromatic heterocycles. The third kappa shape index (κ3) is 8.34. The van der Waals surface area contributed by atoms with Gasteiger partial charge in [0.25, 0.3) is 0 Å². The molecule has 0 aliphatic carbocycles. The zero-order valence-electron chi connectivity index (χ0n) is 24.7. The van der Waals surface area contributed by atoms with Crippen LogP contribution in [0, 0.1) is 0 Å². The fourth-order valence-electron chi connectivity index (χ4n) is 4.60. The molecular weight excluding hydrogens is 566 g/mol. The lowest BCUT2D eigenvalue weighted by molar-refractivity contribution is 0.0764. The Labute approximate surface area is 262 Å². The van der Waals surface area contributed by atoms with E-state index >= 15 is 0 Å². The maximum atomic E-state index is 6.17. The van der Waals surface area contributed by atoms with Crippen molar-refractivity contribution in [3.05, 3.63) is 138 Å². The molecule has 6 rings (SSSR count). The van der Waals surface area contributed by atoms with Crippen molar-refractivity contribution in [3.63, 3.8) is 0 Å². The molecule has 45 heavy (non-hydrogen) atoms. The highest BCUT2D eigenvalue weighted by Gasteiger charge is 2.08. The van der Waals surface area contributed by atoms with Gasteiger partial charge in [0.1, 0.15) is 60.8 Å². The number of pyridine rings is 1. The van der Waals surface area contributed by atoms with E-state index in [0.29, 0.717) is 49.3 Å². The molecule has 1 aliphatic rings. The first-order valence-electron chi connectivity index (χ1n) is 14.8. The van der Waals surface area contributed by atoms with Crippen LogP contribution >= 0.6 is 0 Å². The van der Waals surface area contributed by atoms with E-state index in [4.69, 9.17) is 38.7 Å². The van der Waals surface area contributed by atoms with Gasteiger partial charge < -0.3 is 23.7 Å². The second-order valence-electron chi connectivity index (χ2n) is 10.0. The lowest BCUT2D eigenvalue weighted by atomic mass is 10.2. The van der Waals surface area contributed by atoms with Gasteiger partial charge in [-0.1, -0.05) is 54.6 Å². The van der Waals surface area contributed by atoms with Gasteiger partial charge in [-0.05, 0) is 60.7 Å². The third-order valence-electron chi connectivity index (χ3n) is 6.84. The minimum atomic E-state index is 0.280. The summed E-state index contributed by atoms with van der Waals surface area (Å²) in [6, 6.07) is 36.7. The van der Waals surface area contributed by atoms with Crippen LogP contribution in [-0.2, 0) is 18.0 Å². The van der Waals surface area contributed by atoms with Gasteiger partial charge in [-0.3, -0.25) is 15.0 Å². The van der Waals surface area contributed by atoms with E-state index in [1.54, 1.807) is 12.4 Å².